The maximum Gasteiger partial charge on any atom is 0 e. The Balaban J connectivity index is -0.000000180. The Morgan fingerprint density at radius 2 is 1.67 bits per heavy atom. The fourth-order valence-electron chi connectivity index (χ4n) is 0.408. The first-order valence-corrected chi connectivity index (χ1v) is 3.44. The molecule has 0 amide bonds. The average molecular weight is 395 g/mol. The van der Waals surface area contributed by atoms with E-state index in [1.807, 2.05) is 0 Å². The summed E-state index contributed by atoms with van der Waals surface area (Å²) in [5.41, 5.74) is 0. The van der Waals surface area contributed by atoms with Gasteiger partial charge in [-0.3, -0.25) is 0 Å². The minimum Gasteiger partial charge on any atom is 0 e. The molecule has 0 spiro atoms. The van der Waals surface area contributed by atoms with Crippen LogP contribution in [0.5, 0.6) is 0 Å². The van der Waals surface area contributed by atoms with E-state index in [2.05, 4.69) is 35.3 Å². The summed E-state index contributed by atoms with van der Waals surface area (Å²) in [6.07, 6.45) is 1.29. The molecule has 3 radical (unpaired) electrons. The molecule has 0 aliphatic rings. The van der Waals surface area contributed by atoms with Gasteiger partial charge in [-0.25, -0.2) is 0 Å². The molecular weight excluding hydrogens is 383 g/mol. The first-order valence-electron chi connectivity index (χ1n) is 2.62. The largest absolute Gasteiger partial charge is 0 e. The van der Waals surface area contributed by atoms with Gasteiger partial charge < -0.3 is 0 Å². The van der Waals surface area contributed by atoms with Gasteiger partial charge in [0.1, 0.15) is 0 Å². The maximum atomic E-state index is 2.72. The van der Waals surface area contributed by atoms with Gasteiger partial charge in [0, 0.05) is 82.6 Å². The summed E-state index contributed by atoms with van der Waals surface area (Å²) in [5, 5.41) is 1.22. The fraction of sp³-hybridized carbons (Fsp3) is 1.00. The molecule has 0 fully saturated rings. The topological polar surface area (TPSA) is 3.24 Å². The molecule has 0 aromatic heterocycles. The minimum absolute atomic E-state index is 0. The summed E-state index contributed by atoms with van der Waals surface area (Å²) in [7, 11) is 4.20. The van der Waals surface area contributed by atoms with Gasteiger partial charge in [-0.2, -0.15) is 0 Å². The monoisotopic (exact) mass is 395 g/mol. The quantitative estimate of drug-likeness (QED) is 0.631. The summed E-state index contributed by atoms with van der Waals surface area (Å²) in [6.45, 7) is 1.21. The molecule has 0 atom stereocenters. The third-order valence-electron chi connectivity index (χ3n) is 0.809. The van der Waals surface area contributed by atoms with Gasteiger partial charge in [0.2, 0.25) is 0 Å². The second-order valence-electron chi connectivity index (χ2n) is 1.95. The molecule has 0 aromatic rings. The van der Waals surface area contributed by atoms with E-state index in [0.717, 1.165) is 0 Å². The smallest absolute Gasteiger partial charge is 0 e. The van der Waals surface area contributed by atoms with Crippen LogP contribution in [0.15, 0.2) is 0 Å². The van der Waals surface area contributed by atoms with Crippen molar-refractivity contribution in [2.75, 3.05) is 20.6 Å². The zero-order valence-electron chi connectivity index (χ0n) is 6.30. The van der Waals surface area contributed by atoms with Crippen molar-refractivity contribution in [3.63, 3.8) is 0 Å². The van der Waals surface area contributed by atoms with E-state index in [0.29, 0.717) is 0 Å². The second-order valence-corrected chi connectivity index (χ2v) is 2.52. The molecule has 1 nitrogen and oxygen atoms in total. The van der Waals surface area contributed by atoms with E-state index in [4.69, 9.17) is 0 Å². The van der Waals surface area contributed by atoms with Crippen LogP contribution in [-0.4, -0.2) is 41.8 Å². The van der Waals surface area contributed by atoms with Crippen LogP contribution in [0.2, 0.25) is 5.28 Å². The molecule has 0 aromatic carbocycles. The van der Waals surface area contributed by atoms with Gasteiger partial charge in [-0.05, 0) is 0 Å². The number of hydrogen-bond acceptors (Lipinski definition) is 1. The number of rotatable bonds is 3. The van der Waals surface area contributed by atoms with Crippen molar-refractivity contribution in [1.82, 2.24) is 4.90 Å². The van der Waals surface area contributed by atoms with Gasteiger partial charge in [-0.15, -0.1) is 0 Å². The number of hydrogen-bond donors (Lipinski definition) is 0. The van der Waals surface area contributed by atoms with Crippen molar-refractivity contribution in [3.8, 4) is 0 Å². The molecule has 0 rings (SSSR count). The third kappa shape index (κ3) is 18.3. The van der Waals surface area contributed by atoms with E-state index in [9.17, 15) is 0 Å². The van der Waals surface area contributed by atoms with Crippen molar-refractivity contribution in [1.29, 1.82) is 0 Å². The summed E-state index contributed by atoms with van der Waals surface area (Å²) < 4.78 is 0. The Kier molecular flexibility index (Phi) is 27.7. The fourth-order valence-corrected chi connectivity index (χ4v) is 0.590. The van der Waals surface area contributed by atoms with Crippen LogP contribution in [0.3, 0.4) is 0 Å². The van der Waals surface area contributed by atoms with Crippen LogP contribution in [-0.2, 0) is 0 Å². The molecule has 0 aliphatic heterocycles. The molecular formula is C5H12AlNPr2+. The standard InChI is InChI=1S/C5H12N.Al.2Pr/c1-4-5-6(2)3;;;/h1,4-5H2,2-3H3;;;/q;+1;;. The predicted molar refractivity (Wildman–Crippen MR) is 33.7 cm³/mol. The van der Waals surface area contributed by atoms with Crippen molar-refractivity contribution in [3.05, 3.63) is 0 Å². The summed E-state index contributed by atoms with van der Waals surface area (Å²) in [4.78, 5) is 2.20. The second kappa shape index (κ2) is 13.8. The first-order chi connectivity index (χ1) is 3.27. The van der Waals surface area contributed by atoms with Crippen LogP contribution in [0, 0.1) is 82.6 Å². The van der Waals surface area contributed by atoms with Crippen molar-refractivity contribution in [2.24, 2.45) is 0 Å². The normalized spacial score (nSPS) is 7.78. The van der Waals surface area contributed by atoms with Gasteiger partial charge >= 0.3 is 53.5 Å². The third-order valence-corrected chi connectivity index (χ3v) is 1.22. The van der Waals surface area contributed by atoms with Crippen LogP contribution < -0.4 is 0 Å². The van der Waals surface area contributed by atoms with Gasteiger partial charge in [0.05, 0.1) is 0 Å². The Morgan fingerprint density at radius 3 is 1.78 bits per heavy atom. The van der Waals surface area contributed by atoms with E-state index >= 15 is 0 Å². The Labute approximate surface area is 133 Å². The molecule has 4 heteroatoms. The summed E-state index contributed by atoms with van der Waals surface area (Å²) >= 11 is 2.72. The predicted octanol–water partition coefficient (Wildman–Crippen LogP) is 0.525. The molecule has 45 valence electrons. The molecule has 9 heavy (non-hydrogen) atoms. The van der Waals surface area contributed by atoms with Crippen LogP contribution in [0.1, 0.15) is 6.42 Å². The zero-order valence-corrected chi connectivity index (χ0v) is 14.9. The van der Waals surface area contributed by atoms with Crippen LogP contribution in [0.4, 0.5) is 0 Å². The molecule has 0 saturated carbocycles. The van der Waals surface area contributed by atoms with Gasteiger partial charge in [0.25, 0.3) is 0 Å². The van der Waals surface area contributed by atoms with Crippen molar-refractivity contribution >= 4 is 16.3 Å². The molecule has 0 heterocycles. The van der Waals surface area contributed by atoms with E-state index in [1.54, 1.807) is 0 Å². The number of nitrogens with zero attached hydrogens (tertiary/aromatic N) is 1. The molecule has 0 unspecified atom stereocenters. The van der Waals surface area contributed by atoms with Crippen molar-refractivity contribution in [2.45, 2.75) is 11.7 Å². The SMILES string of the molecule is CN(C)CC[CH2][Al+].[Pr].[Pr]. The first kappa shape index (κ1) is 18.1. The Bertz CT molecular complexity index is 43.9. The minimum atomic E-state index is 0. The Morgan fingerprint density at radius 1 is 1.22 bits per heavy atom. The maximum absolute atomic E-state index is 2.72. The Hall–Kier alpha value is 3.22. The molecule has 0 saturated heterocycles. The van der Waals surface area contributed by atoms with E-state index in [1.165, 1.54) is 18.2 Å². The zero-order chi connectivity index (χ0) is 5.70. The summed E-state index contributed by atoms with van der Waals surface area (Å²) in [6, 6.07) is 0. The van der Waals surface area contributed by atoms with Crippen molar-refractivity contribution < 1.29 is 82.6 Å². The molecule has 0 aliphatic carbocycles. The van der Waals surface area contributed by atoms with Gasteiger partial charge in [0.15, 0.2) is 0 Å². The summed E-state index contributed by atoms with van der Waals surface area (Å²) in [5.74, 6) is 0. The van der Waals surface area contributed by atoms with E-state index < -0.39 is 0 Å². The average Bonchev–Trinajstić information content (AvgIpc) is 1.61. The van der Waals surface area contributed by atoms with Crippen LogP contribution in [0.25, 0.3) is 0 Å². The molecule has 0 bridgehead atoms. The van der Waals surface area contributed by atoms with Gasteiger partial charge in [-0.1, -0.05) is 0 Å². The van der Waals surface area contributed by atoms with Crippen LogP contribution >= 0.6 is 0 Å². The van der Waals surface area contributed by atoms with E-state index in [-0.39, 0.29) is 82.6 Å². The molecule has 0 N–H and O–H groups in total.